The van der Waals surface area contributed by atoms with Gasteiger partial charge in [0.25, 0.3) is 0 Å². The van der Waals surface area contributed by atoms with Crippen LogP contribution in [0.15, 0.2) is 24.3 Å². The topological polar surface area (TPSA) is 44.5 Å². The molecule has 0 saturated carbocycles. The average molecular weight is 255 g/mol. The number of rotatable bonds is 9. The van der Waals surface area contributed by atoms with Gasteiger partial charge in [-0.3, -0.25) is 0 Å². The molecule has 1 unspecified atom stereocenters. The van der Waals surface area contributed by atoms with E-state index in [4.69, 9.17) is 15.2 Å². The number of hydrogen-bond donors (Lipinski definition) is 1. The molecular formula is C14H22FNO2. The van der Waals surface area contributed by atoms with Crippen LogP contribution in [0.2, 0.25) is 0 Å². The Kier molecular flexibility index (Phi) is 7.57. The Morgan fingerprint density at radius 1 is 1.28 bits per heavy atom. The summed E-state index contributed by atoms with van der Waals surface area (Å²) in [6.45, 7) is 2.45. The first-order valence-electron chi connectivity index (χ1n) is 6.30. The molecule has 0 aliphatic rings. The van der Waals surface area contributed by atoms with E-state index in [0.717, 1.165) is 18.4 Å². The summed E-state index contributed by atoms with van der Waals surface area (Å²) in [6, 6.07) is 6.66. The van der Waals surface area contributed by atoms with E-state index in [9.17, 15) is 4.39 Å². The first kappa shape index (κ1) is 15.1. The minimum absolute atomic E-state index is 0.201. The number of ether oxygens (including phenoxy) is 2. The highest BCUT2D eigenvalue weighted by Gasteiger charge is 2.09. The van der Waals surface area contributed by atoms with E-state index in [1.165, 1.54) is 6.07 Å². The first-order chi connectivity index (χ1) is 8.77. The number of benzene rings is 1. The van der Waals surface area contributed by atoms with Gasteiger partial charge >= 0.3 is 0 Å². The standard InChI is InChI=1S/C14H22FNO2/c1-17-8-9-18-7-3-5-13(11-16)12-4-2-6-14(15)10-12/h2,4,6,10,13H,3,5,7-9,11,16H2,1H3. The molecule has 102 valence electrons. The molecule has 18 heavy (non-hydrogen) atoms. The average Bonchev–Trinajstić information content (AvgIpc) is 2.38. The third-order valence-corrected chi connectivity index (χ3v) is 2.88. The normalized spacial score (nSPS) is 12.6. The number of nitrogens with two attached hydrogens (primary N) is 1. The zero-order valence-electron chi connectivity index (χ0n) is 10.9. The van der Waals surface area contributed by atoms with E-state index in [0.29, 0.717) is 26.4 Å². The van der Waals surface area contributed by atoms with Crippen LogP contribution >= 0.6 is 0 Å². The van der Waals surface area contributed by atoms with Gasteiger partial charge in [0.15, 0.2) is 0 Å². The molecule has 0 aromatic heterocycles. The van der Waals surface area contributed by atoms with Crippen molar-refractivity contribution in [2.75, 3.05) is 33.5 Å². The van der Waals surface area contributed by atoms with Gasteiger partial charge < -0.3 is 15.2 Å². The minimum atomic E-state index is -0.206. The van der Waals surface area contributed by atoms with Crippen LogP contribution in [0.25, 0.3) is 0 Å². The largest absolute Gasteiger partial charge is 0.382 e. The Morgan fingerprint density at radius 3 is 2.78 bits per heavy atom. The number of halogens is 1. The van der Waals surface area contributed by atoms with Gasteiger partial charge in [0.05, 0.1) is 13.2 Å². The summed E-state index contributed by atoms with van der Waals surface area (Å²) in [5.74, 6) is -0.00554. The molecule has 4 heteroatoms. The van der Waals surface area contributed by atoms with Gasteiger partial charge in [-0.15, -0.1) is 0 Å². The summed E-state index contributed by atoms with van der Waals surface area (Å²) in [5.41, 5.74) is 6.70. The third-order valence-electron chi connectivity index (χ3n) is 2.88. The molecule has 0 saturated heterocycles. The van der Waals surface area contributed by atoms with Crippen molar-refractivity contribution in [1.29, 1.82) is 0 Å². The van der Waals surface area contributed by atoms with Crippen LogP contribution in [0.4, 0.5) is 4.39 Å². The highest BCUT2D eigenvalue weighted by atomic mass is 19.1. The molecule has 0 bridgehead atoms. The van der Waals surface area contributed by atoms with Crippen LogP contribution in [0.1, 0.15) is 24.3 Å². The van der Waals surface area contributed by atoms with Gasteiger partial charge in [-0.2, -0.15) is 0 Å². The van der Waals surface area contributed by atoms with Crippen molar-refractivity contribution >= 4 is 0 Å². The Labute approximate surface area is 108 Å². The quantitative estimate of drug-likeness (QED) is 0.689. The molecule has 1 aromatic carbocycles. The molecule has 0 radical (unpaired) electrons. The summed E-state index contributed by atoms with van der Waals surface area (Å²) in [6.07, 6.45) is 1.83. The van der Waals surface area contributed by atoms with Crippen molar-refractivity contribution in [3.05, 3.63) is 35.6 Å². The second kappa shape index (κ2) is 9.03. The first-order valence-corrected chi connectivity index (χ1v) is 6.30. The number of hydrogen-bond acceptors (Lipinski definition) is 3. The fraction of sp³-hybridized carbons (Fsp3) is 0.571. The summed E-state index contributed by atoms with van der Waals surface area (Å²) >= 11 is 0. The molecule has 1 atom stereocenters. The maximum atomic E-state index is 13.1. The van der Waals surface area contributed by atoms with Gasteiger partial charge in [0, 0.05) is 13.7 Å². The molecule has 3 nitrogen and oxygen atoms in total. The Balaban J connectivity index is 2.29. The maximum absolute atomic E-state index is 13.1. The molecule has 0 spiro atoms. The molecule has 1 aromatic rings. The fourth-order valence-electron chi connectivity index (χ4n) is 1.86. The summed E-state index contributed by atoms with van der Waals surface area (Å²) in [5, 5.41) is 0. The van der Waals surface area contributed by atoms with Crippen molar-refractivity contribution in [3.63, 3.8) is 0 Å². The van der Waals surface area contributed by atoms with Gasteiger partial charge in [0.2, 0.25) is 0 Å². The van der Waals surface area contributed by atoms with Gasteiger partial charge in [0.1, 0.15) is 5.82 Å². The number of methoxy groups -OCH3 is 1. The summed E-state index contributed by atoms with van der Waals surface area (Å²) in [4.78, 5) is 0. The molecule has 0 amide bonds. The molecular weight excluding hydrogens is 233 g/mol. The van der Waals surface area contributed by atoms with E-state index < -0.39 is 0 Å². The zero-order chi connectivity index (χ0) is 13.2. The second-order valence-electron chi connectivity index (χ2n) is 4.24. The van der Waals surface area contributed by atoms with E-state index in [2.05, 4.69) is 0 Å². The third kappa shape index (κ3) is 5.58. The Hall–Kier alpha value is -0.970. The smallest absolute Gasteiger partial charge is 0.123 e. The van der Waals surface area contributed by atoms with Crippen LogP contribution in [0.3, 0.4) is 0 Å². The van der Waals surface area contributed by atoms with Crippen LogP contribution in [-0.4, -0.2) is 33.5 Å². The molecule has 2 N–H and O–H groups in total. The van der Waals surface area contributed by atoms with Crippen LogP contribution < -0.4 is 5.73 Å². The second-order valence-corrected chi connectivity index (χ2v) is 4.24. The predicted octanol–water partition coefficient (Wildman–Crippen LogP) is 2.31. The lowest BCUT2D eigenvalue weighted by atomic mass is 9.94. The highest BCUT2D eigenvalue weighted by Crippen LogP contribution is 2.20. The monoisotopic (exact) mass is 255 g/mol. The Bertz CT molecular complexity index is 333. The lowest BCUT2D eigenvalue weighted by molar-refractivity contribution is 0.0682. The lowest BCUT2D eigenvalue weighted by Crippen LogP contribution is -2.14. The van der Waals surface area contributed by atoms with E-state index in [1.807, 2.05) is 6.07 Å². The molecule has 1 rings (SSSR count). The van der Waals surface area contributed by atoms with Crippen molar-refractivity contribution in [1.82, 2.24) is 0 Å². The van der Waals surface area contributed by atoms with Crippen LogP contribution in [0, 0.1) is 5.82 Å². The van der Waals surface area contributed by atoms with E-state index in [-0.39, 0.29) is 11.7 Å². The van der Waals surface area contributed by atoms with Crippen LogP contribution in [-0.2, 0) is 9.47 Å². The Morgan fingerprint density at radius 2 is 2.11 bits per heavy atom. The van der Waals surface area contributed by atoms with E-state index >= 15 is 0 Å². The van der Waals surface area contributed by atoms with Gasteiger partial charge in [-0.05, 0) is 43.0 Å². The minimum Gasteiger partial charge on any atom is -0.382 e. The summed E-state index contributed by atoms with van der Waals surface area (Å²) in [7, 11) is 1.65. The van der Waals surface area contributed by atoms with Crippen molar-refractivity contribution < 1.29 is 13.9 Å². The fourth-order valence-corrected chi connectivity index (χ4v) is 1.86. The van der Waals surface area contributed by atoms with Crippen molar-refractivity contribution in [2.45, 2.75) is 18.8 Å². The molecule has 0 fully saturated rings. The van der Waals surface area contributed by atoms with Crippen LogP contribution in [0.5, 0.6) is 0 Å². The lowest BCUT2D eigenvalue weighted by Gasteiger charge is -2.15. The molecule has 0 aliphatic heterocycles. The molecule has 0 heterocycles. The van der Waals surface area contributed by atoms with Crippen molar-refractivity contribution in [3.8, 4) is 0 Å². The van der Waals surface area contributed by atoms with E-state index in [1.54, 1.807) is 19.2 Å². The highest BCUT2D eigenvalue weighted by molar-refractivity contribution is 5.20. The van der Waals surface area contributed by atoms with Crippen molar-refractivity contribution in [2.24, 2.45) is 5.73 Å². The maximum Gasteiger partial charge on any atom is 0.123 e. The van der Waals surface area contributed by atoms with Gasteiger partial charge in [-0.1, -0.05) is 12.1 Å². The molecule has 0 aliphatic carbocycles. The predicted molar refractivity (Wildman–Crippen MR) is 70.1 cm³/mol. The summed E-state index contributed by atoms with van der Waals surface area (Å²) < 4.78 is 23.4. The SMILES string of the molecule is COCCOCCCC(CN)c1cccc(F)c1. The van der Waals surface area contributed by atoms with Gasteiger partial charge in [-0.25, -0.2) is 4.39 Å². The zero-order valence-corrected chi connectivity index (χ0v) is 10.9.